The van der Waals surface area contributed by atoms with E-state index in [0.717, 1.165) is 49.7 Å². The average Bonchev–Trinajstić information content (AvgIpc) is 3.44. The summed E-state index contributed by atoms with van der Waals surface area (Å²) in [7, 11) is 0.316. The minimum atomic E-state index is -1.54. The molecule has 3 aliphatic rings. The third kappa shape index (κ3) is 8.28. The van der Waals surface area contributed by atoms with Crippen LogP contribution in [0.2, 0.25) is 5.02 Å². The molecular weight excluding hydrogens is 709 g/mol. The highest BCUT2D eigenvalue weighted by Gasteiger charge is 2.31. The molecule has 7 rings (SSSR count). The van der Waals surface area contributed by atoms with E-state index in [9.17, 15) is 23.3 Å². The Bertz CT molecular complexity index is 1980. The lowest BCUT2D eigenvalue weighted by molar-refractivity contribution is -0.120. The van der Waals surface area contributed by atoms with Gasteiger partial charge in [0.25, 0.3) is 0 Å². The highest BCUT2D eigenvalue weighted by atomic mass is 35.5. The third-order valence-corrected chi connectivity index (χ3v) is 11.8. The van der Waals surface area contributed by atoms with E-state index < -0.39 is 28.4 Å². The number of nitrogens with zero attached hydrogens (tertiary/aromatic N) is 7. The number of anilines is 2. The summed E-state index contributed by atoms with van der Waals surface area (Å²) < 4.78 is 32.0. The van der Waals surface area contributed by atoms with Gasteiger partial charge in [-0.1, -0.05) is 17.7 Å². The quantitative estimate of drug-likeness (QED) is 0.215. The van der Waals surface area contributed by atoms with Crippen LogP contribution in [-0.2, 0) is 29.2 Å². The predicted molar refractivity (Wildman–Crippen MR) is 197 cm³/mol. The molecule has 2 aromatic heterocycles. The predicted octanol–water partition coefficient (Wildman–Crippen LogP) is 4.37. The van der Waals surface area contributed by atoms with E-state index in [-0.39, 0.29) is 24.8 Å². The Kier molecular flexibility index (Phi) is 10.6. The molecule has 2 aromatic carbocycles. The molecule has 3 aliphatic heterocycles. The summed E-state index contributed by atoms with van der Waals surface area (Å²) in [6.45, 7) is 5.22. The molecule has 2 unspecified atom stereocenters. The standard InChI is InChI=1S/C36H43ClFN9O4S/c1-36(50,19-23-15-27(38)18-29(16-23)52(51)46-12-7-28(8-13-46)41-34-39-20-26(37)21-40-34)22-45-10-5-24(6-11-45)25-3-4-30-31(17-25)44(2)43-33(30)47-14-9-32(48)42-35(47)49/h3-4,15-18,20-21,24,28,50H,5-14,19,22H2,1-2H3,(H,39,40,41)(H,42,48,49). The molecule has 0 saturated carbocycles. The van der Waals surface area contributed by atoms with Gasteiger partial charge in [-0.25, -0.2) is 27.7 Å². The van der Waals surface area contributed by atoms with Crippen LogP contribution >= 0.6 is 11.6 Å². The van der Waals surface area contributed by atoms with Crippen molar-refractivity contribution >= 4 is 57.2 Å². The molecule has 16 heteroatoms. The number of fused-ring (bicyclic) bond motifs is 1. The number of halogens is 2. The summed E-state index contributed by atoms with van der Waals surface area (Å²) in [5.74, 6) is 0.617. The van der Waals surface area contributed by atoms with Gasteiger partial charge in [0.1, 0.15) is 16.8 Å². The fourth-order valence-electron chi connectivity index (χ4n) is 7.58. The zero-order valence-electron chi connectivity index (χ0n) is 29.2. The second-order valence-electron chi connectivity index (χ2n) is 14.3. The molecular formula is C36H43ClFN9O4S. The minimum absolute atomic E-state index is 0.126. The van der Waals surface area contributed by atoms with Crippen LogP contribution in [0.3, 0.4) is 0 Å². The lowest BCUT2D eigenvalue weighted by Gasteiger charge is -2.37. The van der Waals surface area contributed by atoms with E-state index in [0.29, 0.717) is 59.3 Å². The summed E-state index contributed by atoms with van der Waals surface area (Å²) in [6.07, 6.45) is 6.81. The van der Waals surface area contributed by atoms with E-state index >= 15 is 0 Å². The van der Waals surface area contributed by atoms with E-state index in [2.05, 4.69) is 42.7 Å². The topological polar surface area (TPSA) is 149 Å². The number of carbonyl (C=O) groups is 2. The number of likely N-dealkylation sites (tertiary alicyclic amines) is 1. The molecule has 0 aliphatic carbocycles. The number of imide groups is 1. The first-order valence-electron chi connectivity index (χ1n) is 17.6. The van der Waals surface area contributed by atoms with Crippen LogP contribution in [0.25, 0.3) is 10.9 Å². The van der Waals surface area contributed by atoms with Crippen molar-refractivity contribution in [3.63, 3.8) is 0 Å². The molecule has 0 spiro atoms. The maximum absolute atomic E-state index is 14.9. The second-order valence-corrected chi connectivity index (χ2v) is 16.2. The molecule has 0 radical (unpaired) electrons. The van der Waals surface area contributed by atoms with E-state index in [1.165, 1.54) is 35.0 Å². The lowest BCUT2D eigenvalue weighted by Crippen LogP contribution is -2.49. The van der Waals surface area contributed by atoms with Gasteiger partial charge in [0.15, 0.2) is 5.82 Å². The number of benzene rings is 2. The molecule has 52 heavy (non-hydrogen) atoms. The van der Waals surface area contributed by atoms with Gasteiger partial charge >= 0.3 is 6.03 Å². The first-order chi connectivity index (χ1) is 24.9. The van der Waals surface area contributed by atoms with E-state index in [4.69, 9.17) is 11.6 Å². The molecule has 3 fully saturated rings. The number of aromatic nitrogens is 4. The zero-order chi connectivity index (χ0) is 36.6. The fraction of sp³-hybridized carbons (Fsp3) is 0.472. The Labute approximate surface area is 309 Å². The number of carbonyl (C=O) groups excluding carboxylic acids is 2. The Morgan fingerprint density at radius 2 is 1.77 bits per heavy atom. The average molecular weight is 752 g/mol. The van der Waals surface area contributed by atoms with Crippen molar-refractivity contribution < 1.29 is 23.3 Å². The van der Waals surface area contributed by atoms with Crippen molar-refractivity contribution in [3.05, 3.63) is 70.8 Å². The number of piperidine rings is 2. The van der Waals surface area contributed by atoms with Gasteiger partial charge < -0.3 is 15.3 Å². The molecule has 2 atom stereocenters. The van der Waals surface area contributed by atoms with Gasteiger partial charge in [-0.2, -0.15) is 5.10 Å². The van der Waals surface area contributed by atoms with Crippen molar-refractivity contribution in [1.82, 2.24) is 34.3 Å². The molecule has 3 N–H and O–H groups in total. The Morgan fingerprint density at radius 1 is 1.04 bits per heavy atom. The van der Waals surface area contributed by atoms with Crippen molar-refractivity contribution in [2.45, 2.75) is 67.9 Å². The number of hydrogen-bond donors (Lipinski definition) is 3. The van der Waals surface area contributed by atoms with Gasteiger partial charge in [-0.15, -0.1) is 0 Å². The maximum Gasteiger partial charge on any atom is 0.329 e. The SMILES string of the molecule is Cn1nc(N2CCC(=O)NC2=O)c2ccc(C3CCN(CC(C)(O)Cc4cc(F)cc(S(=O)N5CCC(Nc6ncc(Cl)cn6)CC5)c4)CC3)cc21. The van der Waals surface area contributed by atoms with Crippen LogP contribution in [0.4, 0.5) is 21.0 Å². The van der Waals surface area contributed by atoms with Crippen molar-refractivity contribution in [2.24, 2.45) is 7.05 Å². The fourth-order valence-corrected chi connectivity index (χ4v) is 8.99. The minimum Gasteiger partial charge on any atom is -0.388 e. The van der Waals surface area contributed by atoms with Crippen LogP contribution in [0.1, 0.15) is 56.1 Å². The van der Waals surface area contributed by atoms with Crippen molar-refractivity contribution in [2.75, 3.05) is 49.5 Å². The number of β-amino-alcohol motifs (C(OH)–C–C–N with tert-alkyl or cyclic N) is 1. The van der Waals surface area contributed by atoms with E-state index in [1.807, 2.05) is 17.4 Å². The number of hydrogen-bond acceptors (Lipinski definition) is 9. The van der Waals surface area contributed by atoms with Crippen molar-refractivity contribution in [3.8, 4) is 0 Å². The number of urea groups is 1. The van der Waals surface area contributed by atoms with Crippen LogP contribution < -0.4 is 15.5 Å². The van der Waals surface area contributed by atoms with Crippen LogP contribution in [0.5, 0.6) is 0 Å². The van der Waals surface area contributed by atoms with Gasteiger partial charge in [0.2, 0.25) is 11.9 Å². The zero-order valence-corrected chi connectivity index (χ0v) is 30.8. The highest BCUT2D eigenvalue weighted by molar-refractivity contribution is 7.82. The number of amides is 3. The third-order valence-electron chi connectivity index (χ3n) is 10.1. The monoisotopic (exact) mass is 751 g/mol. The van der Waals surface area contributed by atoms with Gasteiger partial charge in [-0.05, 0) is 93.1 Å². The Morgan fingerprint density at radius 3 is 2.48 bits per heavy atom. The summed E-state index contributed by atoms with van der Waals surface area (Å²) in [5, 5.41) is 23.1. The molecule has 5 heterocycles. The molecule has 3 saturated heterocycles. The van der Waals surface area contributed by atoms with Crippen LogP contribution in [-0.4, -0.2) is 101 Å². The lowest BCUT2D eigenvalue weighted by atomic mass is 9.88. The number of aliphatic hydroxyl groups is 1. The van der Waals surface area contributed by atoms with Gasteiger partial charge in [0, 0.05) is 57.5 Å². The normalized spacial score (nSPS) is 20.2. The molecule has 13 nitrogen and oxygen atoms in total. The van der Waals surface area contributed by atoms with Crippen LogP contribution in [0, 0.1) is 5.82 Å². The summed E-state index contributed by atoms with van der Waals surface area (Å²) in [6, 6.07) is 10.4. The molecule has 0 bridgehead atoms. The van der Waals surface area contributed by atoms with E-state index in [1.54, 1.807) is 17.7 Å². The molecule has 4 aromatic rings. The molecule has 3 amide bonds. The highest BCUT2D eigenvalue weighted by Crippen LogP contribution is 2.34. The largest absolute Gasteiger partial charge is 0.388 e. The maximum atomic E-state index is 14.9. The smallest absolute Gasteiger partial charge is 0.329 e. The second kappa shape index (κ2) is 15.1. The molecule has 276 valence electrons. The number of rotatable bonds is 10. The van der Waals surface area contributed by atoms with Crippen molar-refractivity contribution in [1.29, 1.82) is 0 Å². The Hall–Kier alpha value is -4.02. The number of nitrogens with one attached hydrogen (secondary N) is 2. The summed E-state index contributed by atoms with van der Waals surface area (Å²) in [5.41, 5.74) is 1.60. The van der Waals surface area contributed by atoms with Gasteiger partial charge in [0.05, 0.1) is 33.4 Å². The Balaban J connectivity index is 0.925. The number of aryl methyl sites for hydroxylation is 1. The summed E-state index contributed by atoms with van der Waals surface area (Å²) >= 11 is 5.88. The first-order valence-corrected chi connectivity index (χ1v) is 19.1. The summed E-state index contributed by atoms with van der Waals surface area (Å²) in [4.78, 5) is 36.6. The first kappa shape index (κ1) is 36.3. The van der Waals surface area contributed by atoms with Gasteiger partial charge in [-0.3, -0.25) is 19.7 Å². The van der Waals surface area contributed by atoms with Crippen LogP contribution in [0.15, 0.2) is 53.7 Å².